The largest absolute Gasteiger partial charge is 0.273 e. The zero-order chi connectivity index (χ0) is 13.2. The van der Waals surface area contributed by atoms with Crippen LogP contribution in [0.5, 0.6) is 0 Å². The number of aryl methyl sites for hydroxylation is 1. The summed E-state index contributed by atoms with van der Waals surface area (Å²) in [4.78, 5) is 0. The van der Waals surface area contributed by atoms with Crippen LogP contribution in [0.25, 0.3) is 0 Å². The fourth-order valence-electron chi connectivity index (χ4n) is 1.50. The summed E-state index contributed by atoms with van der Waals surface area (Å²) in [5.74, 6) is 0. The van der Waals surface area contributed by atoms with Gasteiger partial charge in [-0.3, -0.25) is 4.68 Å². The van der Waals surface area contributed by atoms with Crippen molar-refractivity contribution in [1.82, 2.24) is 14.5 Å². The van der Waals surface area contributed by atoms with Crippen molar-refractivity contribution in [2.75, 3.05) is 6.54 Å². The molecular weight excluding hydrogens is 338 g/mol. The van der Waals surface area contributed by atoms with E-state index in [9.17, 15) is 8.42 Å². The summed E-state index contributed by atoms with van der Waals surface area (Å²) >= 11 is 4.41. The van der Waals surface area contributed by atoms with Crippen LogP contribution in [0.3, 0.4) is 0 Å². The Morgan fingerprint density at radius 3 is 2.83 bits per heavy atom. The predicted molar refractivity (Wildman–Crippen MR) is 74.1 cm³/mol. The molecule has 8 heteroatoms. The number of nitrogens with zero attached hydrogens (tertiary/aromatic N) is 2. The van der Waals surface area contributed by atoms with Crippen LogP contribution in [-0.4, -0.2) is 24.7 Å². The number of hydrogen-bond donors (Lipinski definition) is 1. The molecule has 0 fully saturated rings. The van der Waals surface area contributed by atoms with E-state index >= 15 is 0 Å². The quantitative estimate of drug-likeness (QED) is 0.894. The Hall–Kier alpha value is -0.700. The summed E-state index contributed by atoms with van der Waals surface area (Å²) < 4.78 is 29.2. The van der Waals surface area contributed by atoms with Crippen LogP contribution in [0, 0.1) is 0 Å². The molecule has 0 spiro atoms. The lowest BCUT2D eigenvalue weighted by molar-refractivity contribution is 0.581. The predicted octanol–water partition coefficient (Wildman–Crippen LogP) is 1.77. The van der Waals surface area contributed by atoms with Gasteiger partial charge in [0.15, 0.2) is 0 Å². The van der Waals surface area contributed by atoms with Crippen molar-refractivity contribution in [3.05, 3.63) is 33.9 Å². The zero-order valence-corrected chi connectivity index (χ0v) is 12.8. The molecule has 2 aromatic rings. The maximum absolute atomic E-state index is 12.0. The van der Waals surface area contributed by atoms with Crippen molar-refractivity contribution in [3.8, 4) is 0 Å². The second kappa shape index (κ2) is 5.52. The van der Waals surface area contributed by atoms with Crippen molar-refractivity contribution >= 4 is 37.3 Å². The van der Waals surface area contributed by atoms with Gasteiger partial charge in [-0.25, -0.2) is 13.1 Å². The SMILES string of the molecule is Cn1nccc1CCNS(=O)(=O)c1sccc1Br. The first-order valence-corrected chi connectivity index (χ1v) is 8.36. The van der Waals surface area contributed by atoms with Gasteiger partial charge in [-0.1, -0.05) is 0 Å². The molecule has 2 aromatic heterocycles. The second-order valence-electron chi connectivity index (χ2n) is 3.65. The Morgan fingerprint density at radius 2 is 2.28 bits per heavy atom. The van der Waals surface area contributed by atoms with Crippen molar-refractivity contribution in [2.24, 2.45) is 7.05 Å². The number of nitrogens with one attached hydrogen (secondary N) is 1. The van der Waals surface area contributed by atoms with Crippen LogP contribution in [0.4, 0.5) is 0 Å². The minimum atomic E-state index is -3.42. The summed E-state index contributed by atoms with van der Waals surface area (Å²) in [7, 11) is -1.59. The van der Waals surface area contributed by atoms with Gasteiger partial charge in [-0.05, 0) is 33.4 Å². The Balaban J connectivity index is 1.99. The van der Waals surface area contributed by atoms with Gasteiger partial charge in [0.1, 0.15) is 4.21 Å². The number of rotatable bonds is 5. The second-order valence-corrected chi connectivity index (χ2v) is 7.38. The van der Waals surface area contributed by atoms with Crippen LogP contribution >= 0.6 is 27.3 Å². The molecule has 2 rings (SSSR count). The summed E-state index contributed by atoms with van der Waals surface area (Å²) in [6.45, 7) is 0.353. The molecule has 0 saturated carbocycles. The maximum atomic E-state index is 12.0. The van der Waals surface area contributed by atoms with Crippen LogP contribution in [0.1, 0.15) is 5.69 Å². The number of aromatic nitrogens is 2. The van der Waals surface area contributed by atoms with Crippen molar-refractivity contribution in [3.63, 3.8) is 0 Å². The van der Waals surface area contributed by atoms with Crippen LogP contribution in [0.2, 0.25) is 0 Å². The number of hydrogen-bond acceptors (Lipinski definition) is 4. The molecule has 0 aliphatic heterocycles. The van der Waals surface area contributed by atoms with Crippen molar-refractivity contribution < 1.29 is 8.42 Å². The molecule has 0 saturated heterocycles. The molecule has 0 atom stereocenters. The van der Waals surface area contributed by atoms with E-state index in [1.807, 2.05) is 13.1 Å². The van der Waals surface area contributed by atoms with Crippen molar-refractivity contribution in [2.45, 2.75) is 10.6 Å². The molecule has 0 aromatic carbocycles. The topological polar surface area (TPSA) is 64.0 Å². The smallest absolute Gasteiger partial charge is 0.251 e. The Kier molecular flexibility index (Phi) is 4.21. The molecule has 2 heterocycles. The van der Waals surface area contributed by atoms with Crippen LogP contribution in [-0.2, 0) is 23.5 Å². The van der Waals surface area contributed by atoms with E-state index in [-0.39, 0.29) is 0 Å². The summed E-state index contributed by atoms with van der Waals surface area (Å²) in [6.07, 6.45) is 2.30. The molecule has 0 aliphatic carbocycles. The summed E-state index contributed by atoms with van der Waals surface area (Å²) in [5.41, 5.74) is 0.989. The highest BCUT2D eigenvalue weighted by atomic mass is 79.9. The molecule has 0 unspecified atom stereocenters. The van der Waals surface area contributed by atoms with Gasteiger partial charge in [-0.15, -0.1) is 11.3 Å². The third-order valence-electron chi connectivity index (χ3n) is 2.42. The van der Waals surface area contributed by atoms with Gasteiger partial charge in [0.05, 0.1) is 0 Å². The normalized spacial score (nSPS) is 11.9. The van der Waals surface area contributed by atoms with E-state index in [1.165, 1.54) is 11.3 Å². The first-order chi connectivity index (χ1) is 8.50. The standard InChI is InChI=1S/C10H12BrN3O2S2/c1-14-8(2-5-12-14)3-6-13-18(15,16)10-9(11)4-7-17-10/h2,4-5,7,13H,3,6H2,1H3. The molecule has 98 valence electrons. The Labute approximate surface area is 118 Å². The molecule has 0 radical (unpaired) electrons. The molecule has 0 amide bonds. The minimum Gasteiger partial charge on any atom is -0.273 e. The first-order valence-electron chi connectivity index (χ1n) is 5.20. The highest BCUT2D eigenvalue weighted by molar-refractivity contribution is 9.10. The van der Waals surface area contributed by atoms with E-state index in [0.29, 0.717) is 21.6 Å². The Morgan fingerprint density at radius 1 is 1.50 bits per heavy atom. The fraction of sp³-hybridized carbons (Fsp3) is 0.300. The maximum Gasteiger partial charge on any atom is 0.251 e. The van der Waals surface area contributed by atoms with Gasteiger partial charge in [-0.2, -0.15) is 5.10 Å². The molecule has 0 bridgehead atoms. The van der Waals surface area contributed by atoms with Crippen LogP contribution in [0.15, 0.2) is 32.4 Å². The molecular formula is C10H12BrN3O2S2. The average molecular weight is 350 g/mol. The number of sulfonamides is 1. The van der Waals surface area contributed by atoms with E-state index in [2.05, 4.69) is 25.8 Å². The lowest BCUT2D eigenvalue weighted by Gasteiger charge is -2.05. The van der Waals surface area contributed by atoms with Gasteiger partial charge in [0.2, 0.25) is 0 Å². The van der Waals surface area contributed by atoms with E-state index in [4.69, 9.17) is 0 Å². The van der Waals surface area contributed by atoms with E-state index in [1.54, 1.807) is 22.3 Å². The average Bonchev–Trinajstić information content (AvgIpc) is 2.88. The highest BCUT2D eigenvalue weighted by Gasteiger charge is 2.18. The number of thiophene rings is 1. The van der Waals surface area contributed by atoms with Gasteiger partial charge in [0, 0.05) is 36.4 Å². The highest BCUT2D eigenvalue weighted by Crippen LogP contribution is 2.27. The lowest BCUT2D eigenvalue weighted by atomic mass is 10.3. The van der Waals surface area contributed by atoms with E-state index in [0.717, 1.165) is 5.69 Å². The zero-order valence-electron chi connectivity index (χ0n) is 9.63. The molecule has 5 nitrogen and oxygen atoms in total. The fourth-order valence-corrected chi connectivity index (χ4v) is 4.91. The molecule has 1 N–H and O–H groups in total. The summed E-state index contributed by atoms with van der Waals surface area (Å²) in [5, 5.41) is 5.77. The van der Waals surface area contributed by atoms with Crippen molar-refractivity contribution in [1.29, 1.82) is 0 Å². The Bertz CT molecular complexity index is 633. The van der Waals surface area contributed by atoms with Gasteiger partial charge >= 0.3 is 0 Å². The lowest BCUT2D eigenvalue weighted by Crippen LogP contribution is -2.26. The molecule has 0 aliphatic rings. The van der Waals surface area contributed by atoms with Gasteiger partial charge in [0.25, 0.3) is 10.0 Å². The third-order valence-corrected chi connectivity index (χ3v) is 6.56. The number of halogens is 1. The summed E-state index contributed by atoms with van der Waals surface area (Å²) in [6, 6.07) is 3.59. The monoisotopic (exact) mass is 349 g/mol. The molecule has 18 heavy (non-hydrogen) atoms. The van der Waals surface area contributed by atoms with Crippen LogP contribution < -0.4 is 4.72 Å². The first kappa shape index (κ1) is 13.7. The third kappa shape index (κ3) is 3.00. The van der Waals surface area contributed by atoms with Gasteiger partial charge < -0.3 is 0 Å². The van der Waals surface area contributed by atoms with E-state index < -0.39 is 10.0 Å². The minimum absolute atomic E-state index is 0.313.